The Morgan fingerprint density at radius 1 is 0.233 bits per heavy atom. The monoisotopic (exact) mass is 1100 g/mol. The Morgan fingerprint density at radius 3 is 1.17 bits per heavy atom. The first kappa shape index (κ1) is 50.2. The first-order valence-corrected chi connectivity index (χ1v) is 29.2. The van der Waals surface area contributed by atoms with E-state index in [0.29, 0.717) is 17.5 Å². The van der Waals surface area contributed by atoms with Gasteiger partial charge < -0.3 is 8.98 Å². The van der Waals surface area contributed by atoms with Gasteiger partial charge in [0.25, 0.3) is 0 Å². The van der Waals surface area contributed by atoms with E-state index in [-0.39, 0.29) is 0 Å². The largest absolute Gasteiger partial charge is 0.455 e. The molecular weight excluding hydrogens is 1040 g/mol. The fourth-order valence-electron chi connectivity index (χ4n) is 12.8. The van der Waals surface area contributed by atoms with Crippen LogP contribution >= 0.6 is 0 Å². The lowest BCUT2D eigenvalue weighted by Crippen LogP contribution is -2.01. The van der Waals surface area contributed by atoms with Gasteiger partial charge in [0.2, 0.25) is 0 Å². The third-order valence-electron chi connectivity index (χ3n) is 16.7. The first-order chi connectivity index (χ1) is 42.7. The van der Waals surface area contributed by atoms with Gasteiger partial charge >= 0.3 is 0 Å². The minimum atomic E-state index is 0.587. The van der Waals surface area contributed by atoms with Gasteiger partial charge in [-0.05, 0) is 109 Å². The molecule has 0 aliphatic carbocycles. The second-order valence-electron chi connectivity index (χ2n) is 21.7. The summed E-state index contributed by atoms with van der Waals surface area (Å²) in [5.74, 6) is 1.80. The summed E-state index contributed by atoms with van der Waals surface area (Å²) in [7, 11) is 0. The Hall–Kier alpha value is -11.5. The molecule has 5 heteroatoms. The molecule has 0 amide bonds. The summed E-state index contributed by atoms with van der Waals surface area (Å²) in [6, 6.07) is 112. The van der Waals surface area contributed by atoms with Gasteiger partial charge in [0, 0.05) is 49.7 Å². The third-order valence-corrected chi connectivity index (χ3v) is 16.7. The Morgan fingerprint density at radius 2 is 0.616 bits per heavy atom. The molecule has 0 fully saturated rings. The van der Waals surface area contributed by atoms with E-state index in [0.717, 1.165) is 133 Å². The highest BCUT2D eigenvalue weighted by Gasteiger charge is 2.27. The molecule has 0 aliphatic heterocycles. The number of hydrogen-bond acceptors (Lipinski definition) is 4. The summed E-state index contributed by atoms with van der Waals surface area (Å²) < 4.78 is 10.2. The minimum absolute atomic E-state index is 0.587. The van der Waals surface area contributed by atoms with Crippen LogP contribution in [0.2, 0.25) is 0 Å². The fraction of sp³-hybridized carbons (Fsp3) is 0. The Kier molecular flexibility index (Phi) is 12.5. The molecule has 86 heavy (non-hydrogen) atoms. The van der Waals surface area contributed by atoms with Gasteiger partial charge in [-0.1, -0.05) is 273 Å². The summed E-state index contributed by atoms with van der Waals surface area (Å²) >= 11 is 0. The van der Waals surface area contributed by atoms with Crippen LogP contribution in [-0.4, -0.2) is 19.5 Å². The second-order valence-corrected chi connectivity index (χ2v) is 21.7. The van der Waals surface area contributed by atoms with Crippen molar-refractivity contribution in [3.8, 4) is 118 Å². The average Bonchev–Trinajstić information content (AvgIpc) is 1.66. The van der Waals surface area contributed by atoms with Gasteiger partial charge in [-0.3, -0.25) is 0 Å². The fourth-order valence-corrected chi connectivity index (χ4v) is 12.8. The topological polar surface area (TPSA) is 56.7 Å². The number of aromatic nitrogens is 4. The zero-order valence-electron chi connectivity index (χ0n) is 46.7. The molecule has 16 aromatic rings. The molecule has 0 saturated heterocycles. The van der Waals surface area contributed by atoms with E-state index in [9.17, 15) is 0 Å². The SMILES string of the molecule is c1ccc(-c2cc(-c3ccccc3)cc(-c3ccccc3-c3ccccc3-c3cccc4c3oc3c(-c5ccccc5-c5ccccc5-c5nc(-c6ccccc6)nc(-c6ccccc6)n5)cc5c6ccccc6n(-c6ccccc6)c5c34)c2)cc1. The average molecular weight is 1100 g/mol. The quantitative estimate of drug-likeness (QED) is 0.130. The van der Waals surface area contributed by atoms with Crippen LogP contribution in [-0.2, 0) is 0 Å². The Bertz CT molecular complexity index is 5090. The third kappa shape index (κ3) is 8.77. The molecule has 0 bridgehead atoms. The van der Waals surface area contributed by atoms with Crippen molar-refractivity contribution >= 4 is 43.7 Å². The van der Waals surface area contributed by atoms with E-state index in [4.69, 9.17) is 19.4 Å². The van der Waals surface area contributed by atoms with Crippen LogP contribution in [0.1, 0.15) is 0 Å². The van der Waals surface area contributed by atoms with Crippen LogP contribution in [0.3, 0.4) is 0 Å². The van der Waals surface area contributed by atoms with E-state index in [1.165, 1.54) is 11.1 Å². The van der Waals surface area contributed by atoms with Crippen molar-refractivity contribution in [3.63, 3.8) is 0 Å². The summed E-state index contributed by atoms with van der Waals surface area (Å²) in [6.45, 7) is 0. The van der Waals surface area contributed by atoms with E-state index in [2.05, 4.69) is 284 Å². The predicted molar refractivity (Wildman–Crippen MR) is 356 cm³/mol. The van der Waals surface area contributed by atoms with Gasteiger partial charge in [-0.15, -0.1) is 0 Å². The number of benzene rings is 13. The summed E-state index contributed by atoms with van der Waals surface area (Å²) in [4.78, 5) is 15.6. The van der Waals surface area contributed by atoms with Crippen molar-refractivity contribution in [2.45, 2.75) is 0 Å². The molecular formula is C81H52N4O. The maximum Gasteiger partial charge on any atom is 0.164 e. The molecule has 0 aliphatic rings. The van der Waals surface area contributed by atoms with Crippen LogP contribution in [0.4, 0.5) is 0 Å². The zero-order valence-corrected chi connectivity index (χ0v) is 46.7. The minimum Gasteiger partial charge on any atom is -0.455 e. The number of hydrogen-bond donors (Lipinski definition) is 0. The molecule has 5 nitrogen and oxygen atoms in total. The van der Waals surface area contributed by atoms with Crippen LogP contribution in [0.5, 0.6) is 0 Å². The number of furan rings is 1. The lowest BCUT2D eigenvalue weighted by molar-refractivity contribution is 0.671. The molecule has 3 heterocycles. The molecule has 0 N–H and O–H groups in total. The van der Waals surface area contributed by atoms with Crippen LogP contribution < -0.4 is 0 Å². The molecule has 0 unspecified atom stereocenters. The van der Waals surface area contributed by atoms with Gasteiger partial charge in [0.05, 0.1) is 16.4 Å². The molecule has 3 aromatic heterocycles. The normalized spacial score (nSPS) is 11.5. The van der Waals surface area contributed by atoms with Gasteiger partial charge in [-0.25, -0.2) is 15.0 Å². The maximum atomic E-state index is 7.74. The summed E-state index contributed by atoms with van der Waals surface area (Å²) in [5, 5.41) is 4.35. The maximum absolute atomic E-state index is 7.74. The van der Waals surface area contributed by atoms with Crippen LogP contribution in [0, 0.1) is 0 Å². The molecule has 0 spiro atoms. The first-order valence-electron chi connectivity index (χ1n) is 29.2. The van der Waals surface area contributed by atoms with Crippen molar-refractivity contribution in [2.24, 2.45) is 0 Å². The number of rotatable bonds is 11. The molecule has 0 radical (unpaired) electrons. The smallest absolute Gasteiger partial charge is 0.164 e. The Balaban J connectivity index is 0.936. The highest BCUT2D eigenvalue weighted by Crippen LogP contribution is 2.50. The van der Waals surface area contributed by atoms with E-state index in [1.807, 2.05) is 36.4 Å². The molecule has 0 atom stereocenters. The highest BCUT2D eigenvalue weighted by molar-refractivity contribution is 6.29. The summed E-state index contributed by atoms with van der Waals surface area (Å²) in [5.41, 5.74) is 22.9. The molecule has 13 aromatic carbocycles. The van der Waals surface area contributed by atoms with Crippen LogP contribution in [0.25, 0.3) is 161 Å². The van der Waals surface area contributed by atoms with E-state index < -0.39 is 0 Å². The van der Waals surface area contributed by atoms with E-state index >= 15 is 0 Å². The van der Waals surface area contributed by atoms with Crippen molar-refractivity contribution < 1.29 is 4.42 Å². The second kappa shape index (κ2) is 21.3. The van der Waals surface area contributed by atoms with Crippen molar-refractivity contribution in [3.05, 3.63) is 315 Å². The predicted octanol–water partition coefficient (Wildman–Crippen LogP) is 21.5. The standard InChI is InChI=1S/C81H52N4O/c1-6-27-53(28-7-1)57-49-58(54-29-8-2-9-30-54)51-59(50-57)61-37-16-17-38-62(61)63-39-18-20-41-65(63)69-46-26-47-71-75-76-72(68-44-24-25-48-74(68)85(76)60-35-14-5-15-36-60)52-73(78(75)86-77(69)71)67-43-21-19-40-64(67)66-42-22-23-45-70(66)81-83-79(55-31-10-3-11-32-55)82-80(84-81)56-33-12-4-13-34-56/h1-52H. The molecule has 402 valence electrons. The van der Waals surface area contributed by atoms with E-state index in [1.54, 1.807) is 0 Å². The van der Waals surface area contributed by atoms with Gasteiger partial charge in [0.1, 0.15) is 11.2 Å². The van der Waals surface area contributed by atoms with Crippen molar-refractivity contribution in [2.75, 3.05) is 0 Å². The zero-order chi connectivity index (χ0) is 56.9. The van der Waals surface area contributed by atoms with Gasteiger partial charge in [-0.2, -0.15) is 0 Å². The summed E-state index contributed by atoms with van der Waals surface area (Å²) in [6.07, 6.45) is 0. The highest BCUT2D eigenvalue weighted by atomic mass is 16.3. The number of nitrogens with zero attached hydrogens (tertiary/aromatic N) is 4. The van der Waals surface area contributed by atoms with Crippen molar-refractivity contribution in [1.29, 1.82) is 0 Å². The Labute approximate surface area is 498 Å². The lowest BCUT2D eigenvalue weighted by Gasteiger charge is -2.17. The van der Waals surface area contributed by atoms with Crippen LogP contribution in [0.15, 0.2) is 320 Å². The molecule has 0 saturated carbocycles. The lowest BCUT2D eigenvalue weighted by atomic mass is 9.87. The number of fused-ring (bicyclic) bond motifs is 7. The molecule has 16 rings (SSSR count). The van der Waals surface area contributed by atoms with Crippen molar-refractivity contribution in [1.82, 2.24) is 19.5 Å². The van der Waals surface area contributed by atoms with Gasteiger partial charge in [0.15, 0.2) is 17.5 Å². The number of para-hydroxylation sites is 3.